The van der Waals surface area contributed by atoms with E-state index in [1.54, 1.807) is 24.4 Å². The van der Waals surface area contributed by atoms with Gasteiger partial charge in [-0.1, -0.05) is 6.07 Å². The van der Waals surface area contributed by atoms with E-state index in [0.717, 1.165) is 12.8 Å². The zero-order valence-corrected chi connectivity index (χ0v) is 10.6. The molecule has 1 aliphatic carbocycles. The molecule has 0 aliphatic heterocycles. The molecule has 1 fully saturated rings. The average molecular weight is 261 g/mol. The normalized spacial score (nSPS) is 20.6. The summed E-state index contributed by atoms with van der Waals surface area (Å²) in [5.41, 5.74) is -0.926. The van der Waals surface area contributed by atoms with Crippen molar-refractivity contribution in [2.45, 2.75) is 29.6 Å². The van der Waals surface area contributed by atoms with Crippen molar-refractivity contribution in [3.8, 4) is 0 Å². The highest BCUT2D eigenvalue weighted by Crippen LogP contribution is 2.39. The molecule has 2 N–H and O–H groups in total. The van der Waals surface area contributed by atoms with Crippen molar-refractivity contribution in [1.82, 2.24) is 4.72 Å². The Labute approximate surface area is 99.4 Å². The molecule has 1 atom stereocenters. The van der Waals surface area contributed by atoms with Crippen LogP contribution in [0.4, 0.5) is 0 Å². The molecule has 0 spiro atoms. The van der Waals surface area contributed by atoms with Gasteiger partial charge in [0.2, 0.25) is 10.0 Å². The largest absolute Gasteiger partial charge is 0.389 e. The Balaban J connectivity index is 2.00. The molecule has 0 aromatic carbocycles. The summed E-state index contributed by atoms with van der Waals surface area (Å²) in [6.07, 6.45) is 1.96. The minimum atomic E-state index is -3.45. The van der Waals surface area contributed by atoms with Gasteiger partial charge in [-0.25, -0.2) is 13.1 Å². The van der Waals surface area contributed by atoms with Gasteiger partial charge in [0.1, 0.15) is 4.21 Å². The number of thiophene rings is 1. The first kappa shape index (κ1) is 12.0. The van der Waals surface area contributed by atoms with Gasteiger partial charge in [0.05, 0.1) is 5.60 Å². The van der Waals surface area contributed by atoms with E-state index in [2.05, 4.69) is 4.72 Å². The predicted octanol–water partition coefficient (Wildman–Crippen LogP) is 1.19. The fourth-order valence-electron chi connectivity index (χ4n) is 1.58. The summed E-state index contributed by atoms with van der Waals surface area (Å²) in [7, 11) is -3.45. The molecule has 90 valence electrons. The van der Waals surface area contributed by atoms with Crippen LogP contribution in [-0.4, -0.2) is 25.7 Å². The average Bonchev–Trinajstić information content (AvgIpc) is 2.92. The van der Waals surface area contributed by atoms with Crippen LogP contribution in [-0.2, 0) is 10.0 Å². The molecule has 1 unspecified atom stereocenters. The zero-order chi connectivity index (χ0) is 11.8. The van der Waals surface area contributed by atoms with Gasteiger partial charge >= 0.3 is 0 Å². The molecule has 1 heterocycles. The standard InChI is InChI=1S/C10H15NO3S2/c1-10(12,8-4-5-8)7-11-16(13,14)9-3-2-6-15-9/h2-3,6,8,11-12H,4-5,7H2,1H3. The maximum atomic E-state index is 11.8. The van der Waals surface area contributed by atoms with Gasteiger partial charge < -0.3 is 5.11 Å². The number of nitrogens with one attached hydrogen (secondary N) is 1. The molecule has 1 aliphatic rings. The number of hydrogen-bond donors (Lipinski definition) is 2. The molecular weight excluding hydrogens is 246 g/mol. The van der Waals surface area contributed by atoms with Gasteiger partial charge in [0, 0.05) is 6.54 Å². The monoisotopic (exact) mass is 261 g/mol. The molecule has 2 rings (SSSR count). The van der Waals surface area contributed by atoms with Gasteiger partial charge in [-0.2, -0.15) is 0 Å². The van der Waals surface area contributed by atoms with Crippen molar-refractivity contribution in [1.29, 1.82) is 0 Å². The molecule has 0 bridgehead atoms. The van der Waals surface area contributed by atoms with E-state index in [9.17, 15) is 13.5 Å². The highest BCUT2D eigenvalue weighted by Gasteiger charge is 2.40. The van der Waals surface area contributed by atoms with Crippen molar-refractivity contribution in [3.05, 3.63) is 17.5 Å². The smallest absolute Gasteiger partial charge is 0.250 e. The zero-order valence-electron chi connectivity index (χ0n) is 9.01. The Kier molecular flexibility index (Phi) is 3.09. The molecule has 4 nitrogen and oxygen atoms in total. The van der Waals surface area contributed by atoms with Gasteiger partial charge in [-0.15, -0.1) is 11.3 Å². The fraction of sp³-hybridized carbons (Fsp3) is 0.600. The lowest BCUT2D eigenvalue weighted by molar-refractivity contribution is 0.0422. The van der Waals surface area contributed by atoms with E-state index in [1.165, 1.54) is 11.3 Å². The number of sulfonamides is 1. The van der Waals surface area contributed by atoms with Gasteiger partial charge in [-0.3, -0.25) is 0 Å². The van der Waals surface area contributed by atoms with E-state index in [0.29, 0.717) is 4.21 Å². The van der Waals surface area contributed by atoms with Gasteiger partial charge in [0.25, 0.3) is 0 Å². The first-order chi connectivity index (χ1) is 7.42. The summed E-state index contributed by atoms with van der Waals surface area (Å²) in [5.74, 6) is 0.235. The fourth-order valence-corrected chi connectivity index (χ4v) is 3.76. The van der Waals surface area contributed by atoms with Crippen LogP contribution in [0.1, 0.15) is 19.8 Å². The maximum absolute atomic E-state index is 11.8. The second-order valence-corrected chi connectivity index (χ2v) is 7.33. The van der Waals surface area contributed by atoms with E-state index in [1.807, 2.05) is 0 Å². The Morgan fingerprint density at radius 3 is 2.81 bits per heavy atom. The molecule has 16 heavy (non-hydrogen) atoms. The first-order valence-corrected chi connectivity index (χ1v) is 7.54. The van der Waals surface area contributed by atoms with Gasteiger partial charge in [0.15, 0.2) is 0 Å². The van der Waals surface area contributed by atoms with Crippen molar-refractivity contribution in [3.63, 3.8) is 0 Å². The minimum absolute atomic E-state index is 0.0813. The third-order valence-electron chi connectivity index (χ3n) is 2.84. The SMILES string of the molecule is CC(O)(CNS(=O)(=O)c1cccs1)C1CC1. The van der Waals surface area contributed by atoms with Crippen LogP contribution < -0.4 is 4.72 Å². The van der Waals surface area contributed by atoms with Crippen molar-refractivity contribution >= 4 is 21.4 Å². The summed E-state index contributed by atoms with van der Waals surface area (Å²) in [5, 5.41) is 11.7. The Morgan fingerprint density at radius 2 is 2.31 bits per heavy atom. The Morgan fingerprint density at radius 1 is 1.62 bits per heavy atom. The molecule has 0 radical (unpaired) electrons. The lowest BCUT2D eigenvalue weighted by atomic mass is 10.0. The molecule has 1 aromatic heterocycles. The summed E-state index contributed by atoms with van der Waals surface area (Å²) < 4.78 is 26.3. The number of aliphatic hydroxyl groups is 1. The number of rotatable bonds is 5. The van der Waals surface area contributed by atoms with E-state index in [-0.39, 0.29) is 12.5 Å². The van der Waals surface area contributed by atoms with Crippen molar-refractivity contribution in [2.75, 3.05) is 6.54 Å². The van der Waals surface area contributed by atoms with E-state index in [4.69, 9.17) is 0 Å². The molecule has 1 aromatic rings. The van der Waals surface area contributed by atoms with Crippen LogP contribution in [0.2, 0.25) is 0 Å². The lowest BCUT2D eigenvalue weighted by Gasteiger charge is -2.22. The molecule has 0 amide bonds. The lowest BCUT2D eigenvalue weighted by Crippen LogP contribution is -2.42. The van der Waals surface area contributed by atoms with Crippen molar-refractivity contribution in [2.24, 2.45) is 5.92 Å². The number of hydrogen-bond acceptors (Lipinski definition) is 4. The second kappa shape index (κ2) is 4.10. The Hall–Kier alpha value is -0.430. The van der Waals surface area contributed by atoms with Crippen LogP contribution in [0.3, 0.4) is 0 Å². The summed E-state index contributed by atoms with van der Waals surface area (Å²) in [6, 6.07) is 3.25. The topological polar surface area (TPSA) is 66.4 Å². The summed E-state index contributed by atoms with van der Waals surface area (Å²) in [6.45, 7) is 1.76. The third kappa shape index (κ3) is 2.63. The van der Waals surface area contributed by atoms with Gasteiger partial charge in [-0.05, 0) is 37.1 Å². The Bertz CT molecular complexity index is 446. The quantitative estimate of drug-likeness (QED) is 0.836. The van der Waals surface area contributed by atoms with E-state index < -0.39 is 15.6 Å². The highest BCUT2D eigenvalue weighted by molar-refractivity contribution is 7.91. The second-order valence-electron chi connectivity index (χ2n) is 4.39. The predicted molar refractivity (Wildman–Crippen MR) is 62.9 cm³/mol. The summed E-state index contributed by atoms with van der Waals surface area (Å²) >= 11 is 1.17. The van der Waals surface area contributed by atoms with E-state index >= 15 is 0 Å². The highest BCUT2D eigenvalue weighted by atomic mass is 32.2. The van der Waals surface area contributed by atoms with Crippen LogP contribution in [0.5, 0.6) is 0 Å². The van der Waals surface area contributed by atoms with Crippen molar-refractivity contribution < 1.29 is 13.5 Å². The van der Waals surface area contributed by atoms with Crippen LogP contribution >= 0.6 is 11.3 Å². The first-order valence-electron chi connectivity index (χ1n) is 5.17. The third-order valence-corrected chi connectivity index (χ3v) is 5.64. The minimum Gasteiger partial charge on any atom is -0.389 e. The molecule has 0 saturated heterocycles. The summed E-state index contributed by atoms with van der Waals surface area (Å²) in [4.78, 5) is 0. The van der Waals surface area contributed by atoms with Crippen LogP contribution in [0.25, 0.3) is 0 Å². The molecule has 6 heteroatoms. The molecule has 1 saturated carbocycles. The van der Waals surface area contributed by atoms with Crippen LogP contribution in [0, 0.1) is 5.92 Å². The maximum Gasteiger partial charge on any atom is 0.250 e. The molecular formula is C10H15NO3S2. The van der Waals surface area contributed by atoms with Crippen LogP contribution in [0.15, 0.2) is 21.7 Å².